The van der Waals surface area contributed by atoms with Gasteiger partial charge in [-0.1, -0.05) is 12.1 Å². The molecule has 0 aliphatic rings. The number of nitrogens with one attached hydrogen (secondary N) is 1. The van der Waals surface area contributed by atoms with Crippen LogP contribution in [0.2, 0.25) is 0 Å². The lowest BCUT2D eigenvalue weighted by Crippen LogP contribution is -2.07. The van der Waals surface area contributed by atoms with Gasteiger partial charge in [0.1, 0.15) is 12.0 Å². The molecule has 98 valence electrons. The third-order valence-electron chi connectivity index (χ3n) is 2.36. The van der Waals surface area contributed by atoms with E-state index in [2.05, 4.69) is 15.3 Å². The molecule has 0 saturated carbocycles. The summed E-state index contributed by atoms with van der Waals surface area (Å²) < 4.78 is 12.7. The second-order valence-corrected chi connectivity index (χ2v) is 3.70. The molecule has 0 unspecified atom stereocenters. The van der Waals surface area contributed by atoms with E-state index in [0.29, 0.717) is 0 Å². The van der Waals surface area contributed by atoms with E-state index in [0.717, 1.165) is 11.8 Å². The van der Waals surface area contributed by atoms with Crippen molar-refractivity contribution in [3.63, 3.8) is 0 Å². The zero-order valence-electron chi connectivity index (χ0n) is 9.71. The van der Waals surface area contributed by atoms with Gasteiger partial charge in [-0.3, -0.25) is 10.1 Å². The Morgan fingerprint density at radius 1 is 1.37 bits per heavy atom. The van der Waals surface area contributed by atoms with E-state index in [1.807, 2.05) is 0 Å². The lowest BCUT2D eigenvalue weighted by Gasteiger charge is -2.06. The summed E-state index contributed by atoms with van der Waals surface area (Å²) in [5.41, 5.74) is 5.87. The first-order valence-electron chi connectivity index (χ1n) is 5.31. The van der Waals surface area contributed by atoms with Gasteiger partial charge < -0.3 is 11.1 Å². The number of rotatable bonds is 4. The fraction of sp³-hybridized carbons (Fsp3) is 0.0909. The molecule has 0 atom stereocenters. The van der Waals surface area contributed by atoms with Gasteiger partial charge in [-0.05, 0) is 17.7 Å². The number of benzene rings is 1. The van der Waals surface area contributed by atoms with Crippen molar-refractivity contribution in [1.29, 1.82) is 0 Å². The monoisotopic (exact) mass is 263 g/mol. The van der Waals surface area contributed by atoms with E-state index >= 15 is 0 Å². The first-order chi connectivity index (χ1) is 9.06. The van der Waals surface area contributed by atoms with Crippen LogP contribution in [0.3, 0.4) is 0 Å². The molecule has 1 aromatic carbocycles. The molecule has 2 aromatic rings. The van der Waals surface area contributed by atoms with Gasteiger partial charge in [0.2, 0.25) is 11.8 Å². The van der Waals surface area contributed by atoms with Gasteiger partial charge in [0.05, 0.1) is 4.92 Å². The highest BCUT2D eigenvalue weighted by Crippen LogP contribution is 2.21. The Kier molecular flexibility index (Phi) is 3.51. The summed E-state index contributed by atoms with van der Waals surface area (Å²) in [6, 6.07) is 5.75. The van der Waals surface area contributed by atoms with Gasteiger partial charge in [0.15, 0.2) is 0 Å². The number of nitro groups is 1. The summed E-state index contributed by atoms with van der Waals surface area (Å²) in [7, 11) is 0. The van der Waals surface area contributed by atoms with Crippen molar-refractivity contribution in [1.82, 2.24) is 9.97 Å². The average molecular weight is 263 g/mol. The quantitative estimate of drug-likeness (QED) is 0.642. The number of aromatic nitrogens is 2. The largest absolute Gasteiger partial charge is 0.368 e. The average Bonchev–Trinajstić information content (AvgIpc) is 2.38. The van der Waals surface area contributed by atoms with Crippen LogP contribution in [0.5, 0.6) is 0 Å². The SMILES string of the molecule is Nc1ncc([N+](=O)[O-])c(NCc2ccc(F)cc2)n1. The van der Waals surface area contributed by atoms with Gasteiger partial charge >= 0.3 is 5.69 Å². The molecule has 8 heteroatoms. The minimum absolute atomic E-state index is 0.0295. The first kappa shape index (κ1) is 12.7. The van der Waals surface area contributed by atoms with Gasteiger partial charge in [0.25, 0.3) is 0 Å². The predicted molar refractivity (Wildman–Crippen MR) is 66.8 cm³/mol. The van der Waals surface area contributed by atoms with Gasteiger partial charge in [-0.15, -0.1) is 0 Å². The summed E-state index contributed by atoms with van der Waals surface area (Å²) in [5.74, 6) is -0.380. The normalized spacial score (nSPS) is 10.2. The van der Waals surface area contributed by atoms with Crippen molar-refractivity contribution < 1.29 is 9.31 Å². The number of nitrogen functional groups attached to an aromatic ring is 1. The standard InChI is InChI=1S/C11H10FN5O2/c12-8-3-1-7(2-4-8)5-14-10-9(17(18)19)6-15-11(13)16-10/h1-4,6H,5H2,(H3,13,14,15,16). The summed E-state index contributed by atoms with van der Waals surface area (Å²) in [5, 5.41) is 13.6. The zero-order chi connectivity index (χ0) is 13.8. The fourth-order valence-corrected chi connectivity index (χ4v) is 1.44. The van der Waals surface area contributed by atoms with Gasteiger partial charge in [-0.25, -0.2) is 9.37 Å². The van der Waals surface area contributed by atoms with E-state index in [-0.39, 0.29) is 29.8 Å². The molecule has 0 spiro atoms. The molecule has 0 amide bonds. The highest BCUT2D eigenvalue weighted by atomic mass is 19.1. The number of hydrogen-bond acceptors (Lipinski definition) is 6. The van der Waals surface area contributed by atoms with Crippen LogP contribution in [0.25, 0.3) is 0 Å². The Labute approximate surface area is 107 Å². The molecular weight excluding hydrogens is 253 g/mol. The highest BCUT2D eigenvalue weighted by molar-refractivity contribution is 5.56. The molecular formula is C11H10FN5O2. The van der Waals surface area contributed by atoms with Crippen molar-refractivity contribution in [2.24, 2.45) is 0 Å². The molecule has 1 heterocycles. The summed E-state index contributed by atoms with van der Waals surface area (Å²) >= 11 is 0. The smallest absolute Gasteiger partial charge is 0.329 e. The second kappa shape index (κ2) is 5.25. The molecule has 19 heavy (non-hydrogen) atoms. The highest BCUT2D eigenvalue weighted by Gasteiger charge is 2.16. The van der Waals surface area contributed by atoms with Crippen LogP contribution < -0.4 is 11.1 Å². The van der Waals surface area contributed by atoms with E-state index in [1.165, 1.54) is 12.1 Å². The van der Waals surface area contributed by atoms with Crippen molar-refractivity contribution >= 4 is 17.5 Å². The molecule has 0 aliphatic heterocycles. The molecule has 3 N–H and O–H groups in total. The van der Waals surface area contributed by atoms with Crippen LogP contribution in [0, 0.1) is 15.9 Å². The Morgan fingerprint density at radius 2 is 2.05 bits per heavy atom. The summed E-state index contributed by atoms with van der Waals surface area (Å²) in [6.45, 7) is 0.261. The van der Waals surface area contributed by atoms with Crippen LogP contribution in [0.4, 0.5) is 21.8 Å². The molecule has 1 aromatic heterocycles. The topological polar surface area (TPSA) is 107 Å². The minimum Gasteiger partial charge on any atom is -0.368 e. The van der Waals surface area contributed by atoms with Crippen LogP contribution in [0.15, 0.2) is 30.5 Å². The Hall–Kier alpha value is -2.77. The number of hydrogen-bond donors (Lipinski definition) is 2. The fourth-order valence-electron chi connectivity index (χ4n) is 1.44. The maximum absolute atomic E-state index is 12.7. The Morgan fingerprint density at radius 3 is 2.68 bits per heavy atom. The maximum Gasteiger partial charge on any atom is 0.329 e. The number of halogens is 1. The van der Waals surface area contributed by atoms with Crippen molar-refractivity contribution in [3.8, 4) is 0 Å². The Balaban J connectivity index is 2.16. The molecule has 0 aliphatic carbocycles. The minimum atomic E-state index is -0.605. The van der Waals surface area contributed by atoms with Crippen LogP contribution in [-0.2, 0) is 6.54 Å². The van der Waals surface area contributed by atoms with Crippen molar-refractivity contribution in [2.75, 3.05) is 11.1 Å². The number of anilines is 2. The zero-order valence-corrected chi connectivity index (χ0v) is 9.71. The third-order valence-corrected chi connectivity index (χ3v) is 2.36. The predicted octanol–water partition coefficient (Wildman–Crippen LogP) is 1.72. The van der Waals surface area contributed by atoms with E-state index in [4.69, 9.17) is 5.73 Å². The van der Waals surface area contributed by atoms with Crippen LogP contribution in [-0.4, -0.2) is 14.9 Å². The van der Waals surface area contributed by atoms with E-state index < -0.39 is 4.92 Å². The van der Waals surface area contributed by atoms with Gasteiger partial charge in [0, 0.05) is 6.54 Å². The maximum atomic E-state index is 12.7. The van der Waals surface area contributed by atoms with Crippen LogP contribution >= 0.6 is 0 Å². The lowest BCUT2D eigenvalue weighted by atomic mass is 10.2. The van der Waals surface area contributed by atoms with Gasteiger partial charge in [-0.2, -0.15) is 4.98 Å². The van der Waals surface area contributed by atoms with Crippen molar-refractivity contribution in [3.05, 3.63) is 52.0 Å². The van der Waals surface area contributed by atoms with E-state index in [9.17, 15) is 14.5 Å². The molecule has 0 fully saturated rings. The first-order valence-corrected chi connectivity index (χ1v) is 5.31. The third kappa shape index (κ3) is 3.12. The molecule has 0 bridgehead atoms. The molecule has 0 radical (unpaired) electrons. The van der Waals surface area contributed by atoms with Crippen molar-refractivity contribution in [2.45, 2.75) is 6.54 Å². The van der Waals surface area contributed by atoms with E-state index in [1.54, 1.807) is 12.1 Å². The number of nitrogens with zero attached hydrogens (tertiary/aromatic N) is 3. The molecule has 2 rings (SSSR count). The molecule has 0 saturated heterocycles. The Bertz CT molecular complexity index is 603. The summed E-state index contributed by atoms with van der Waals surface area (Å²) in [4.78, 5) is 17.5. The number of nitrogens with two attached hydrogens (primary N) is 1. The summed E-state index contributed by atoms with van der Waals surface area (Å²) in [6.07, 6.45) is 1.04. The molecule has 7 nitrogen and oxygen atoms in total. The second-order valence-electron chi connectivity index (χ2n) is 3.70. The van der Waals surface area contributed by atoms with Crippen LogP contribution in [0.1, 0.15) is 5.56 Å². The lowest BCUT2D eigenvalue weighted by molar-refractivity contribution is -0.384.